The van der Waals surface area contributed by atoms with Crippen molar-refractivity contribution in [1.29, 1.82) is 0 Å². The fourth-order valence-corrected chi connectivity index (χ4v) is 1.96. The molecule has 1 fully saturated rings. The monoisotopic (exact) mass is 239 g/mol. The van der Waals surface area contributed by atoms with Crippen molar-refractivity contribution in [1.82, 2.24) is 10.3 Å². The van der Waals surface area contributed by atoms with Crippen molar-refractivity contribution in [2.75, 3.05) is 18.5 Å². The van der Waals surface area contributed by atoms with E-state index in [0.29, 0.717) is 5.92 Å². The Balaban J connectivity index is 1.77. The maximum absolute atomic E-state index is 11.6. The lowest BCUT2D eigenvalue weighted by atomic mass is 9.93. The van der Waals surface area contributed by atoms with Crippen molar-refractivity contribution < 1.29 is 13.9 Å². The maximum atomic E-state index is 11.6. The van der Waals surface area contributed by atoms with Gasteiger partial charge in [-0.1, -0.05) is 0 Å². The van der Waals surface area contributed by atoms with Crippen LogP contribution in [0.3, 0.4) is 0 Å². The third-order valence-electron chi connectivity index (χ3n) is 2.98. The summed E-state index contributed by atoms with van der Waals surface area (Å²) in [5, 5.41) is 5.42. The van der Waals surface area contributed by atoms with E-state index in [1.807, 2.05) is 6.92 Å². The Morgan fingerprint density at radius 2 is 2.29 bits per heavy atom. The van der Waals surface area contributed by atoms with Gasteiger partial charge in [0.2, 0.25) is 0 Å². The molecule has 0 radical (unpaired) electrons. The summed E-state index contributed by atoms with van der Waals surface area (Å²) in [5.41, 5.74) is 0. The van der Waals surface area contributed by atoms with E-state index in [1.165, 1.54) is 12.5 Å². The van der Waals surface area contributed by atoms with E-state index >= 15 is 0 Å². The smallest absolute Gasteiger partial charge is 0.323 e. The molecule has 0 spiro atoms. The predicted octanol–water partition coefficient (Wildman–Crippen LogP) is 1.61. The number of hydrogen-bond acceptors (Lipinski definition) is 4. The molecule has 0 saturated carbocycles. The lowest BCUT2D eigenvalue weighted by Gasteiger charge is -2.28. The highest BCUT2D eigenvalue weighted by molar-refractivity contribution is 5.87. The third-order valence-corrected chi connectivity index (χ3v) is 2.98. The van der Waals surface area contributed by atoms with Gasteiger partial charge >= 0.3 is 12.0 Å². The number of carbonyl (C=O) groups excluding carboxylic acids is 1. The van der Waals surface area contributed by atoms with Crippen LogP contribution in [0.4, 0.5) is 10.8 Å². The molecule has 1 aliphatic heterocycles. The normalized spacial score (nSPS) is 18.6. The molecule has 1 unspecified atom stereocenters. The van der Waals surface area contributed by atoms with E-state index in [0.717, 1.165) is 26.1 Å². The van der Waals surface area contributed by atoms with Crippen LogP contribution in [0.25, 0.3) is 0 Å². The first kappa shape index (κ1) is 11.9. The molecule has 1 aliphatic rings. The van der Waals surface area contributed by atoms with Crippen molar-refractivity contribution in [3.05, 3.63) is 12.5 Å². The summed E-state index contributed by atoms with van der Waals surface area (Å²) >= 11 is 0. The maximum Gasteiger partial charge on any atom is 0.323 e. The average molecular weight is 239 g/mol. The van der Waals surface area contributed by atoms with Crippen LogP contribution in [0.1, 0.15) is 19.8 Å². The highest BCUT2D eigenvalue weighted by atomic mass is 16.5. The molecule has 2 N–H and O–H groups in total. The Morgan fingerprint density at radius 3 is 2.94 bits per heavy atom. The highest BCUT2D eigenvalue weighted by Gasteiger charge is 2.22. The Kier molecular flexibility index (Phi) is 3.98. The standard InChI is InChI=1S/C11H17N3O3/c1-8(9-2-5-16-6-3-9)13-10(15)14-11-12-4-7-17-11/h4,7-9H,2-3,5-6H2,1H3,(H2,12,13,14,15). The largest absolute Gasteiger partial charge is 0.432 e. The SMILES string of the molecule is CC(NC(=O)Nc1ncco1)C1CCOCC1. The van der Waals surface area contributed by atoms with Gasteiger partial charge in [0.25, 0.3) is 0 Å². The zero-order valence-electron chi connectivity index (χ0n) is 9.81. The summed E-state index contributed by atoms with van der Waals surface area (Å²) in [6.45, 7) is 3.56. The van der Waals surface area contributed by atoms with Crippen LogP contribution in [-0.4, -0.2) is 30.3 Å². The topological polar surface area (TPSA) is 76.4 Å². The minimum absolute atomic E-state index is 0.119. The van der Waals surface area contributed by atoms with Gasteiger partial charge in [0.05, 0.1) is 6.20 Å². The molecular weight excluding hydrogens is 222 g/mol. The van der Waals surface area contributed by atoms with Gasteiger partial charge < -0.3 is 14.5 Å². The fourth-order valence-electron chi connectivity index (χ4n) is 1.96. The molecule has 0 aliphatic carbocycles. The number of urea groups is 1. The Bertz CT molecular complexity index is 347. The van der Waals surface area contributed by atoms with Gasteiger partial charge in [-0.15, -0.1) is 0 Å². The van der Waals surface area contributed by atoms with Crippen LogP contribution in [0, 0.1) is 5.92 Å². The number of anilines is 1. The van der Waals surface area contributed by atoms with E-state index in [1.54, 1.807) is 0 Å². The molecule has 2 amide bonds. The van der Waals surface area contributed by atoms with E-state index < -0.39 is 0 Å². The Hall–Kier alpha value is -1.56. The molecule has 1 atom stereocenters. The van der Waals surface area contributed by atoms with Gasteiger partial charge in [-0.3, -0.25) is 5.32 Å². The fraction of sp³-hybridized carbons (Fsp3) is 0.636. The quantitative estimate of drug-likeness (QED) is 0.840. The number of rotatable bonds is 3. The molecule has 2 heterocycles. The predicted molar refractivity (Wildman–Crippen MR) is 61.7 cm³/mol. The number of aromatic nitrogens is 1. The van der Waals surface area contributed by atoms with Gasteiger partial charge in [-0.05, 0) is 25.7 Å². The minimum Gasteiger partial charge on any atom is -0.432 e. The zero-order chi connectivity index (χ0) is 12.1. The van der Waals surface area contributed by atoms with E-state index in [-0.39, 0.29) is 18.1 Å². The van der Waals surface area contributed by atoms with E-state index in [2.05, 4.69) is 15.6 Å². The number of hydrogen-bond donors (Lipinski definition) is 2. The molecule has 6 heteroatoms. The molecule has 1 aromatic rings. The molecule has 1 saturated heterocycles. The van der Waals surface area contributed by atoms with E-state index in [9.17, 15) is 4.79 Å². The first-order valence-electron chi connectivity index (χ1n) is 5.80. The average Bonchev–Trinajstić information content (AvgIpc) is 2.82. The zero-order valence-corrected chi connectivity index (χ0v) is 9.81. The summed E-state index contributed by atoms with van der Waals surface area (Å²) in [6.07, 6.45) is 4.87. The molecule has 2 rings (SSSR count). The van der Waals surface area contributed by atoms with Crippen molar-refractivity contribution in [3.8, 4) is 0 Å². The van der Waals surface area contributed by atoms with Crippen LogP contribution in [-0.2, 0) is 4.74 Å². The number of amides is 2. The Labute approximate surface area is 99.7 Å². The third kappa shape index (κ3) is 3.45. The van der Waals surface area contributed by atoms with Crippen LogP contribution < -0.4 is 10.6 Å². The molecule has 0 bridgehead atoms. The minimum atomic E-state index is -0.286. The molecule has 0 aromatic carbocycles. The van der Waals surface area contributed by atoms with Crippen molar-refractivity contribution in [2.24, 2.45) is 5.92 Å². The van der Waals surface area contributed by atoms with Crippen molar-refractivity contribution in [3.63, 3.8) is 0 Å². The summed E-state index contributed by atoms with van der Waals surface area (Å²) in [4.78, 5) is 15.4. The summed E-state index contributed by atoms with van der Waals surface area (Å²) < 4.78 is 10.2. The highest BCUT2D eigenvalue weighted by Crippen LogP contribution is 2.18. The number of nitrogens with zero attached hydrogens (tertiary/aromatic N) is 1. The molecular formula is C11H17N3O3. The number of oxazole rings is 1. The lowest BCUT2D eigenvalue weighted by Crippen LogP contribution is -2.42. The Morgan fingerprint density at radius 1 is 1.53 bits per heavy atom. The van der Waals surface area contributed by atoms with Gasteiger partial charge in [-0.25, -0.2) is 9.78 Å². The van der Waals surface area contributed by atoms with Crippen LogP contribution in [0.5, 0.6) is 0 Å². The lowest BCUT2D eigenvalue weighted by molar-refractivity contribution is 0.0573. The molecule has 94 valence electrons. The van der Waals surface area contributed by atoms with Crippen LogP contribution >= 0.6 is 0 Å². The second-order valence-electron chi connectivity index (χ2n) is 4.17. The number of carbonyl (C=O) groups is 1. The summed E-state index contributed by atoms with van der Waals surface area (Å²) in [7, 11) is 0. The summed E-state index contributed by atoms with van der Waals surface area (Å²) in [6, 6.07) is 0.0435. The van der Waals surface area contributed by atoms with Gasteiger partial charge in [0.15, 0.2) is 0 Å². The first-order chi connectivity index (χ1) is 8.25. The second kappa shape index (κ2) is 5.67. The van der Waals surface area contributed by atoms with E-state index in [4.69, 9.17) is 9.15 Å². The van der Waals surface area contributed by atoms with Gasteiger partial charge in [0, 0.05) is 19.3 Å². The second-order valence-corrected chi connectivity index (χ2v) is 4.17. The van der Waals surface area contributed by atoms with Crippen LogP contribution in [0.15, 0.2) is 16.9 Å². The van der Waals surface area contributed by atoms with Crippen molar-refractivity contribution >= 4 is 12.0 Å². The molecule has 17 heavy (non-hydrogen) atoms. The number of ether oxygens (including phenoxy) is 1. The van der Waals surface area contributed by atoms with Gasteiger partial charge in [-0.2, -0.15) is 0 Å². The molecule has 1 aromatic heterocycles. The van der Waals surface area contributed by atoms with Crippen LogP contribution in [0.2, 0.25) is 0 Å². The first-order valence-corrected chi connectivity index (χ1v) is 5.80. The molecule has 6 nitrogen and oxygen atoms in total. The number of nitrogens with one attached hydrogen (secondary N) is 2. The van der Waals surface area contributed by atoms with Gasteiger partial charge in [0.1, 0.15) is 6.26 Å². The summed E-state index contributed by atoms with van der Waals surface area (Å²) in [5.74, 6) is 0.471. The van der Waals surface area contributed by atoms with Crippen molar-refractivity contribution in [2.45, 2.75) is 25.8 Å².